The summed E-state index contributed by atoms with van der Waals surface area (Å²) in [7, 11) is 0. The number of benzene rings is 1. The first-order valence-corrected chi connectivity index (χ1v) is 14.1. The van der Waals surface area contributed by atoms with Crippen LogP contribution in [0.25, 0.3) is 0 Å². The molecule has 1 saturated heterocycles. The molecule has 1 aromatic rings. The summed E-state index contributed by atoms with van der Waals surface area (Å²) in [6, 6.07) is 7.54. The van der Waals surface area contributed by atoms with Crippen LogP contribution < -0.4 is 16.0 Å². The Morgan fingerprint density at radius 1 is 1.03 bits per heavy atom. The van der Waals surface area contributed by atoms with E-state index in [1.807, 2.05) is 13.0 Å². The van der Waals surface area contributed by atoms with Gasteiger partial charge in [-0.1, -0.05) is 64.3 Å². The number of nitrogens with one attached hydrogen (secondary N) is 3. The van der Waals surface area contributed by atoms with Crippen molar-refractivity contribution in [3.05, 3.63) is 35.4 Å². The maximum Gasteiger partial charge on any atom is 0.246 e. The second-order valence-corrected chi connectivity index (χ2v) is 11.2. The number of likely N-dealkylation sites (tertiary alicyclic amines) is 1. The predicted molar refractivity (Wildman–Crippen MR) is 141 cm³/mol. The number of nitrogens with zero attached hydrogens (tertiary/aromatic N) is 1. The Balaban J connectivity index is 1.55. The topological polar surface area (TPSA) is 90.5 Å². The largest absolute Gasteiger partial charge is 0.347 e. The summed E-state index contributed by atoms with van der Waals surface area (Å²) in [6.45, 7) is 6.48. The first-order chi connectivity index (χ1) is 17.4. The van der Waals surface area contributed by atoms with Gasteiger partial charge in [0, 0.05) is 25.0 Å². The summed E-state index contributed by atoms with van der Waals surface area (Å²) in [4.78, 5) is 41.9. The molecule has 0 unspecified atom stereocenters. The highest BCUT2D eigenvalue weighted by Crippen LogP contribution is 2.32. The number of amides is 3. The lowest BCUT2D eigenvalue weighted by Gasteiger charge is -2.35. The average Bonchev–Trinajstić information content (AvgIpc) is 3.30. The average molecular weight is 497 g/mol. The fraction of sp³-hybridized carbons (Fsp3) is 0.690. The molecule has 3 amide bonds. The van der Waals surface area contributed by atoms with Crippen LogP contribution in [0.15, 0.2) is 24.3 Å². The third kappa shape index (κ3) is 6.28. The van der Waals surface area contributed by atoms with Crippen LogP contribution in [0, 0.1) is 5.92 Å². The zero-order valence-electron chi connectivity index (χ0n) is 22.2. The molecule has 0 radical (unpaired) electrons. The fourth-order valence-corrected chi connectivity index (χ4v) is 6.39. The van der Waals surface area contributed by atoms with E-state index in [0.717, 1.165) is 44.9 Å². The van der Waals surface area contributed by atoms with E-state index >= 15 is 0 Å². The van der Waals surface area contributed by atoms with E-state index in [9.17, 15) is 14.4 Å². The summed E-state index contributed by atoms with van der Waals surface area (Å²) in [6.07, 6.45) is 9.15. The number of aryl methyl sites for hydroxylation is 1. The van der Waals surface area contributed by atoms with Crippen molar-refractivity contribution in [2.24, 2.45) is 5.92 Å². The molecule has 3 N–H and O–H groups in total. The first kappa shape index (κ1) is 26.6. The van der Waals surface area contributed by atoms with Gasteiger partial charge in [-0.25, -0.2) is 0 Å². The van der Waals surface area contributed by atoms with Crippen molar-refractivity contribution in [1.29, 1.82) is 0 Å². The Kier molecular flexibility index (Phi) is 9.04. The molecule has 2 aliphatic carbocycles. The van der Waals surface area contributed by atoms with E-state index in [4.69, 9.17) is 0 Å². The molecule has 4 rings (SSSR count). The SMILES string of the molecule is CCC(=O)N[C@H](C(=O)N1C[C@@H](NC(C)C)C[C@H]1C(=O)N[C@@H]1CCCc2ccccc21)C1CCCCC1. The van der Waals surface area contributed by atoms with Gasteiger partial charge in [-0.15, -0.1) is 0 Å². The van der Waals surface area contributed by atoms with Crippen LogP contribution in [-0.4, -0.2) is 53.3 Å². The lowest BCUT2D eigenvalue weighted by atomic mass is 9.83. The summed E-state index contributed by atoms with van der Waals surface area (Å²) < 4.78 is 0. The van der Waals surface area contributed by atoms with Crippen LogP contribution in [0.5, 0.6) is 0 Å². The van der Waals surface area contributed by atoms with Crippen molar-refractivity contribution in [2.75, 3.05) is 6.54 Å². The highest BCUT2D eigenvalue weighted by molar-refractivity contribution is 5.93. The Morgan fingerprint density at radius 2 is 1.78 bits per heavy atom. The molecule has 0 bridgehead atoms. The van der Waals surface area contributed by atoms with Gasteiger partial charge in [-0.3, -0.25) is 14.4 Å². The Hall–Kier alpha value is -2.41. The van der Waals surface area contributed by atoms with Crippen LogP contribution in [0.2, 0.25) is 0 Å². The standard InChI is InChI=1S/C29H44N4O3/c1-4-26(34)32-27(21-12-6-5-7-13-21)29(36)33-18-22(30-19(2)3)17-25(33)28(35)31-24-16-10-14-20-11-8-9-15-23(20)24/h8-9,11,15,19,21-22,24-25,27,30H,4-7,10,12-14,16-18H2,1-3H3,(H,31,35)(H,32,34)/t22-,24+,25-,27-/m0/s1. The normalized spacial score (nSPS) is 25.3. The van der Waals surface area contributed by atoms with Crippen LogP contribution in [0.4, 0.5) is 0 Å². The van der Waals surface area contributed by atoms with E-state index in [1.54, 1.807) is 4.90 Å². The van der Waals surface area contributed by atoms with Crippen LogP contribution in [0.3, 0.4) is 0 Å². The van der Waals surface area contributed by atoms with Gasteiger partial charge in [-0.2, -0.15) is 0 Å². The van der Waals surface area contributed by atoms with Gasteiger partial charge in [0.15, 0.2) is 0 Å². The molecule has 1 aliphatic heterocycles. The van der Waals surface area contributed by atoms with E-state index in [-0.39, 0.29) is 41.8 Å². The smallest absolute Gasteiger partial charge is 0.246 e. The molecule has 36 heavy (non-hydrogen) atoms. The Labute approximate surface area is 216 Å². The molecule has 0 aromatic heterocycles. The van der Waals surface area contributed by atoms with Crippen LogP contribution in [-0.2, 0) is 20.8 Å². The number of carbonyl (C=O) groups excluding carboxylic acids is 3. The van der Waals surface area contributed by atoms with Crippen molar-refractivity contribution in [3.8, 4) is 0 Å². The van der Waals surface area contributed by atoms with Gasteiger partial charge < -0.3 is 20.9 Å². The van der Waals surface area contributed by atoms with E-state index < -0.39 is 12.1 Å². The summed E-state index contributed by atoms with van der Waals surface area (Å²) in [5, 5.41) is 9.88. The van der Waals surface area contributed by atoms with Gasteiger partial charge in [-0.05, 0) is 55.6 Å². The molecule has 4 atom stereocenters. The molecule has 1 aromatic carbocycles. The monoisotopic (exact) mass is 496 g/mol. The number of hydrogen-bond acceptors (Lipinski definition) is 4. The van der Waals surface area contributed by atoms with Crippen molar-refractivity contribution in [1.82, 2.24) is 20.9 Å². The molecule has 0 spiro atoms. The Bertz CT molecular complexity index is 927. The minimum atomic E-state index is -0.554. The van der Waals surface area contributed by atoms with Crippen LogP contribution >= 0.6 is 0 Å². The number of rotatable bonds is 8. The molecule has 3 aliphatic rings. The molecule has 2 fully saturated rings. The van der Waals surface area contributed by atoms with E-state index in [2.05, 4.69) is 48.0 Å². The van der Waals surface area contributed by atoms with Crippen molar-refractivity contribution >= 4 is 17.7 Å². The maximum absolute atomic E-state index is 14.0. The minimum Gasteiger partial charge on any atom is -0.347 e. The maximum atomic E-state index is 14.0. The van der Waals surface area contributed by atoms with Gasteiger partial charge in [0.1, 0.15) is 12.1 Å². The predicted octanol–water partition coefficient (Wildman–Crippen LogP) is 3.62. The van der Waals surface area contributed by atoms with Crippen LogP contribution in [0.1, 0.15) is 95.7 Å². The number of carbonyl (C=O) groups is 3. The molecule has 198 valence electrons. The van der Waals surface area contributed by atoms with E-state index in [1.165, 1.54) is 17.5 Å². The number of hydrogen-bond donors (Lipinski definition) is 3. The highest BCUT2D eigenvalue weighted by Gasteiger charge is 2.44. The van der Waals surface area contributed by atoms with Crippen molar-refractivity contribution < 1.29 is 14.4 Å². The second kappa shape index (κ2) is 12.2. The summed E-state index contributed by atoms with van der Waals surface area (Å²) in [5.74, 6) is -0.147. The lowest BCUT2D eigenvalue weighted by molar-refractivity contribution is -0.143. The van der Waals surface area contributed by atoms with Gasteiger partial charge >= 0.3 is 0 Å². The molecule has 7 heteroatoms. The molecular formula is C29H44N4O3. The third-order valence-corrected chi connectivity index (χ3v) is 8.17. The fourth-order valence-electron chi connectivity index (χ4n) is 6.39. The zero-order valence-corrected chi connectivity index (χ0v) is 22.2. The highest BCUT2D eigenvalue weighted by atomic mass is 16.2. The molecule has 1 saturated carbocycles. The van der Waals surface area contributed by atoms with Crippen molar-refractivity contribution in [3.63, 3.8) is 0 Å². The quantitative estimate of drug-likeness (QED) is 0.513. The molecule has 1 heterocycles. The minimum absolute atomic E-state index is 0.0227. The van der Waals surface area contributed by atoms with E-state index in [0.29, 0.717) is 19.4 Å². The van der Waals surface area contributed by atoms with Gasteiger partial charge in [0.05, 0.1) is 6.04 Å². The summed E-state index contributed by atoms with van der Waals surface area (Å²) >= 11 is 0. The van der Waals surface area contributed by atoms with Crippen molar-refractivity contribution in [2.45, 2.75) is 115 Å². The Morgan fingerprint density at radius 3 is 2.50 bits per heavy atom. The second-order valence-electron chi connectivity index (χ2n) is 11.2. The number of fused-ring (bicyclic) bond motifs is 1. The first-order valence-electron chi connectivity index (χ1n) is 14.1. The zero-order chi connectivity index (χ0) is 25.7. The van der Waals surface area contributed by atoms with Gasteiger partial charge in [0.25, 0.3) is 0 Å². The third-order valence-electron chi connectivity index (χ3n) is 8.17. The lowest BCUT2D eigenvalue weighted by Crippen LogP contribution is -2.56. The molecule has 7 nitrogen and oxygen atoms in total. The van der Waals surface area contributed by atoms with Gasteiger partial charge in [0.2, 0.25) is 17.7 Å². The molecular weight excluding hydrogens is 452 g/mol. The summed E-state index contributed by atoms with van der Waals surface area (Å²) in [5.41, 5.74) is 2.49.